The van der Waals surface area contributed by atoms with Crippen LogP contribution in [0.1, 0.15) is 36.5 Å². The minimum atomic E-state index is -0.661. The van der Waals surface area contributed by atoms with Gasteiger partial charge in [-0.15, -0.1) is 0 Å². The third-order valence-electron chi connectivity index (χ3n) is 6.73. The molecule has 3 aromatic carbocycles. The molecule has 0 bridgehead atoms. The third-order valence-corrected chi connectivity index (χ3v) is 6.73. The molecule has 3 atom stereocenters. The summed E-state index contributed by atoms with van der Waals surface area (Å²) in [4.78, 5) is 25.4. The number of hydrogen-bond acceptors (Lipinski definition) is 4. The summed E-state index contributed by atoms with van der Waals surface area (Å²) in [5, 5.41) is 9.05. The maximum atomic E-state index is 12.9. The third kappa shape index (κ3) is 9.25. The number of amides is 2. The lowest BCUT2D eigenvalue weighted by Crippen LogP contribution is -2.48. The maximum Gasteiger partial charge on any atom is 0.242 e. The summed E-state index contributed by atoms with van der Waals surface area (Å²) in [5.74, 6) is 0.189. The minimum absolute atomic E-state index is 0.203. The second-order valence-electron chi connectivity index (χ2n) is 9.84. The van der Waals surface area contributed by atoms with Gasteiger partial charge in [0.25, 0.3) is 0 Å². The van der Waals surface area contributed by atoms with Gasteiger partial charge in [0.05, 0.1) is 7.11 Å². The zero-order chi connectivity index (χ0) is 27.3. The highest BCUT2D eigenvalue weighted by Gasteiger charge is 2.24. The van der Waals surface area contributed by atoms with Crippen LogP contribution >= 0.6 is 0 Å². The molecule has 6 heteroatoms. The average molecular weight is 515 g/mol. The molecule has 38 heavy (non-hydrogen) atoms. The van der Waals surface area contributed by atoms with Crippen molar-refractivity contribution in [2.45, 2.75) is 45.2 Å². The first-order valence-corrected chi connectivity index (χ1v) is 13.2. The topological polar surface area (TPSA) is 79.5 Å². The fourth-order valence-corrected chi connectivity index (χ4v) is 4.43. The molecule has 0 aliphatic heterocycles. The number of ether oxygens (including phenoxy) is 1. The van der Waals surface area contributed by atoms with Crippen LogP contribution in [0.2, 0.25) is 0 Å². The predicted octanol–water partition coefficient (Wildman–Crippen LogP) is 5.19. The van der Waals surface area contributed by atoms with Crippen molar-refractivity contribution in [1.82, 2.24) is 10.6 Å². The monoisotopic (exact) mass is 514 g/mol. The van der Waals surface area contributed by atoms with Gasteiger partial charge >= 0.3 is 0 Å². The molecule has 0 saturated heterocycles. The number of anilines is 1. The van der Waals surface area contributed by atoms with Crippen LogP contribution in [0.5, 0.6) is 5.75 Å². The second kappa shape index (κ2) is 14.8. The molecule has 0 aliphatic rings. The normalized spacial score (nSPS) is 13.2. The summed E-state index contributed by atoms with van der Waals surface area (Å²) in [7, 11) is 3.19. The van der Waals surface area contributed by atoms with E-state index in [1.807, 2.05) is 42.5 Å². The van der Waals surface area contributed by atoms with Crippen molar-refractivity contribution in [3.05, 3.63) is 102 Å². The highest BCUT2D eigenvalue weighted by Crippen LogP contribution is 2.20. The molecule has 0 fully saturated rings. The van der Waals surface area contributed by atoms with Gasteiger partial charge in [-0.3, -0.25) is 9.59 Å². The van der Waals surface area contributed by atoms with E-state index in [4.69, 9.17) is 4.74 Å². The van der Waals surface area contributed by atoms with E-state index in [1.165, 1.54) is 11.1 Å². The van der Waals surface area contributed by atoms with Gasteiger partial charge in [0, 0.05) is 31.6 Å². The van der Waals surface area contributed by atoms with Gasteiger partial charge in [-0.25, -0.2) is 0 Å². The lowest BCUT2D eigenvalue weighted by Gasteiger charge is -2.22. The molecule has 0 aliphatic carbocycles. The average Bonchev–Trinajstić information content (AvgIpc) is 2.95. The van der Waals surface area contributed by atoms with Crippen LogP contribution < -0.4 is 20.7 Å². The Bertz CT molecular complexity index is 1150. The standard InChI is InChI=1S/C32H40N3O3/c1-23(13-14-25-11-8-12-28(20-25)34-22-27-9-6-5-7-10-27)19-24(2)31(36)35-30(32(37)33-3)21-26-15-17-29(38-4)18-16-26/h5-12,15-18,20,23-24,30,34H,2,13-14,19,21-22H2,1,3-4H3,(H,33,37)(H,35,36). The van der Waals surface area contributed by atoms with Gasteiger partial charge in [-0.1, -0.05) is 61.5 Å². The quantitative estimate of drug-likeness (QED) is 0.277. The number of carbonyl (C=O) groups excluding carboxylic acids is 2. The number of hydrogen-bond donors (Lipinski definition) is 3. The van der Waals surface area contributed by atoms with E-state index in [-0.39, 0.29) is 11.8 Å². The number of likely N-dealkylation sites (N-methyl/N-ethyl adjacent to an activating group) is 1. The first kappa shape index (κ1) is 28.8. The molecule has 1 radical (unpaired) electrons. The predicted molar refractivity (Wildman–Crippen MR) is 154 cm³/mol. The minimum Gasteiger partial charge on any atom is -0.497 e. The Morgan fingerprint density at radius 3 is 2.29 bits per heavy atom. The number of benzene rings is 3. The number of aryl methyl sites for hydroxylation is 1. The fourth-order valence-electron chi connectivity index (χ4n) is 4.43. The van der Waals surface area contributed by atoms with E-state index >= 15 is 0 Å². The van der Waals surface area contributed by atoms with E-state index in [2.05, 4.69) is 66.2 Å². The van der Waals surface area contributed by atoms with Crippen LogP contribution in [0.15, 0.2) is 78.9 Å². The van der Waals surface area contributed by atoms with E-state index in [9.17, 15) is 9.59 Å². The number of nitrogens with one attached hydrogen (secondary N) is 3. The summed E-state index contributed by atoms with van der Waals surface area (Å²) >= 11 is 0. The van der Waals surface area contributed by atoms with Crippen LogP contribution in [0.4, 0.5) is 5.69 Å². The van der Waals surface area contributed by atoms with Crippen LogP contribution in [0.25, 0.3) is 0 Å². The van der Waals surface area contributed by atoms with Crippen molar-refractivity contribution in [1.29, 1.82) is 0 Å². The summed E-state index contributed by atoms with van der Waals surface area (Å²) in [5.41, 5.74) is 4.55. The number of carbonyl (C=O) groups is 2. The molecule has 0 spiro atoms. The lowest BCUT2D eigenvalue weighted by molar-refractivity contribution is -0.130. The molecule has 2 amide bonds. The van der Waals surface area contributed by atoms with Crippen LogP contribution in [0.3, 0.4) is 0 Å². The molecule has 201 valence electrons. The van der Waals surface area contributed by atoms with E-state index < -0.39 is 12.0 Å². The van der Waals surface area contributed by atoms with Crippen molar-refractivity contribution >= 4 is 17.5 Å². The summed E-state index contributed by atoms with van der Waals surface area (Å²) < 4.78 is 5.20. The Labute approximate surface area is 227 Å². The Morgan fingerprint density at radius 1 is 0.895 bits per heavy atom. The number of methoxy groups -OCH3 is 1. The van der Waals surface area contributed by atoms with Crippen molar-refractivity contribution in [2.75, 3.05) is 19.5 Å². The highest BCUT2D eigenvalue weighted by atomic mass is 16.5. The molecular formula is C32H40N3O3. The van der Waals surface area contributed by atoms with Crippen molar-refractivity contribution in [2.24, 2.45) is 11.8 Å². The van der Waals surface area contributed by atoms with E-state index in [1.54, 1.807) is 14.2 Å². The van der Waals surface area contributed by atoms with Crippen LogP contribution in [-0.4, -0.2) is 32.0 Å². The zero-order valence-electron chi connectivity index (χ0n) is 22.7. The zero-order valence-corrected chi connectivity index (χ0v) is 22.7. The smallest absolute Gasteiger partial charge is 0.242 e. The SMILES string of the molecule is [CH2]C(CC(C)CCc1cccc(NCc2ccccc2)c1)C(=O)NC(Cc1ccc(OC)cc1)C(=O)NC. The fraction of sp³-hybridized carbons (Fsp3) is 0.344. The summed E-state index contributed by atoms with van der Waals surface area (Å²) in [6.45, 7) is 7.03. The molecule has 0 saturated carbocycles. The molecule has 6 nitrogen and oxygen atoms in total. The first-order valence-electron chi connectivity index (χ1n) is 13.2. The van der Waals surface area contributed by atoms with Gasteiger partial charge in [-0.05, 0) is 73.1 Å². The van der Waals surface area contributed by atoms with E-state index in [0.29, 0.717) is 18.8 Å². The molecule has 3 unspecified atom stereocenters. The molecule has 0 aromatic heterocycles. The largest absolute Gasteiger partial charge is 0.497 e. The molecular weight excluding hydrogens is 474 g/mol. The van der Waals surface area contributed by atoms with Crippen molar-refractivity contribution in [3.8, 4) is 5.75 Å². The Morgan fingerprint density at radius 2 is 1.61 bits per heavy atom. The van der Waals surface area contributed by atoms with Gasteiger partial charge in [-0.2, -0.15) is 0 Å². The highest BCUT2D eigenvalue weighted by molar-refractivity contribution is 5.88. The van der Waals surface area contributed by atoms with E-state index in [0.717, 1.165) is 36.4 Å². The lowest BCUT2D eigenvalue weighted by atomic mass is 9.91. The van der Waals surface area contributed by atoms with Crippen LogP contribution in [-0.2, 0) is 29.0 Å². The Kier molecular flexibility index (Phi) is 11.2. The van der Waals surface area contributed by atoms with Gasteiger partial charge in [0.1, 0.15) is 11.8 Å². The van der Waals surface area contributed by atoms with Gasteiger partial charge in [0.15, 0.2) is 0 Å². The van der Waals surface area contributed by atoms with Crippen LogP contribution in [0, 0.1) is 18.8 Å². The summed E-state index contributed by atoms with van der Waals surface area (Å²) in [6.07, 6.45) is 2.92. The van der Waals surface area contributed by atoms with Gasteiger partial charge < -0.3 is 20.7 Å². The molecule has 3 N–H and O–H groups in total. The summed E-state index contributed by atoms with van der Waals surface area (Å²) in [6, 6.07) is 25.7. The van der Waals surface area contributed by atoms with Crippen molar-refractivity contribution < 1.29 is 14.3 Å². The Hall–Kier alpha value is -3.80. The first-order chi connectivity index (χ1) is 18.4. The van der Waals surface area contributed by atoms with Gasteiger partial charge in [0.2, 0.25) is 11.8 Å². The second-order valence-corrected chi connectivity index (χ2v) is 9.84. The molecule has 0 heterocycles. The van der Waals surface area contributed by atoms with Crippen molar-refractivity contribution in [3.63, 3.8) is 0 Å². The maximum absolute atomic E-state index is 12.9. The molecule has 3 rings (SSSR count). The Balaban J connectivity index is 1.47. The molecule has 3 aromatic rings. The number of rotatable bonds is 14.